The van der Waals surface area contributed by atoms with Crippen LogP contribution in [0.25, 0.3) is 5.65 Å². The van der Waals surface area contributed by atoms with Crippen molar-refractivity contribution in [1.82, 2.24) is 9.38 Å². The lowest BCUT2D eigenvalue weighted by Crippen LogP contribution is -2.15. The van der Waals surface area contributed by atoms with Crippen LogP contribution in [-0.4, -0.2) is 15.3 Å². The van der Waals surface area contributed by atoms with Gasteiger partial charge in [-0.2, -0.15) is 0 Å². The molecule has 0 saturated heterocycles. The van der Waals surface area contributed by atoms with Crippen LogP contribution in [0.5, 0.6) is 0 Å². The molecule has 0 fully saturated rings. The number of halogens is 1. The lowest BCUT2D eigenvalue weighted by molar-refractivity contribution is 0.102. The van der Waals surface area contributed by atoms with Gasteiger partial charge in [0.2, 0.25) is 0 Å². The average molecular weight is 358 g/mol. The van der Waals surface area contributed by atoms with Crippen molar-refractivity contribution >= 4 is 33.2 Å². The van der Waals surface area contributed by atoms with E-state index >= 15 is 0 Å². The Hall–Kier alpha value is -2.14. The van der Waals surface area contributed by atoms with E-state index in [2.05, 4.69) is 26.2 Å². The minimum atomic E-state index is -0.159. The summed E-state index contributed by atoms with van der Waals surface area (Å²) in [6.07, 6.45) is 1.92. The van der Waals surface area contributed by atoms with E-state index < -0.39 is 0 Å². The molecule has 2 aromatic heterocycles. The standard InChI is InChI=1S/C17H16BrN3O/c1-10-5-4-6-13(7-10)20-17(22)15-12(3)19-16-14(18)8-11(2)9-21(15)16/h4-9H,1-3H3,(H,20,22). The smallest absolute Gasteiger partial charge is 0.274 e. The minimum Gasteiger partial charge on any atom is -0.321 e. The van der Waals surface area contributed by atoms with Crippen molar-refractivity contribution in [3.8, 4) is 0 Å². The predicted octanol–water partition coefficient (Wildman–Crippen LogP) is 4.27. The Morgan fingerprint density at radius 2 is 1.95 bits per heavy atom. The molecule has 0 bridgehead atoms. The average Bonchev–Trinajstić information content (AvgIpc) is 2.75. The van der Waals surface area contributed by atoms with Gasteiger partial charge < -0.3 is 5.32 Å². The highest BCUT2D eigenvalue weighted by molar-refractivity contribution is 9.10. The van der Waals surface area contributed by atoms with Crippen molar-refractivity contribution in [3.05, 3.63) is 63.5 Å². The lowest BCUT2D eigenvalue weighted by atomic mass is 10.2. The molecule has 0 aliphatic heterocycles. The molecule has 4 nitrogen and oxygen atoms in total. The first-order valence-corrected chi connectivity index (χ1v) is 7.78. The summed E-state index contributed by atoms with van der Waals surface area (Å²) in [5.74, 6) is -0.159. The van der Waals surface area contributed by atoms with Gasteiger partial charge in [0.15, 0.2) is 5.65 Å². The van der Waals surface area contributed by atoms with Gasteiger partial charge in [-0.05, 0) is 66.0 Å². The zero-order chi connectivity index (χ0) is 15.9. The Morgan fingerprint density at radius 1 is 1.18 bits per heavy atom. The van der Waals surface area contributed by atoms with E-state index in [9.17, 15) is 4.79 Å². The Balaban J connectivity index is 2.06. The number of carbonyl (C=O) groups is 1. The summed E-state index contributed by atoms with van der Waals surface area (Å²) in [5, 5.41) is 2.94. The third-order valence-electron chi connectivity index (χ3n) is 3.48. The molecule has 2 heterocycles. The summed E-state index contributed by atoms with van der Waals surface area (Å²) < 4.78 is 2.71. The van der Waals surface area contributed by atoms with Crippen molar-refractivity contribution in [3.63, 3.8) is 0 Å². The van der Waals surface area contributed by atoms with E-state index in [1.54, 1.807) is 0 Å². The first-order chi connectivity index (χ1) is 10.5. The molecule has 0 spiro atoms. The van der Waals surface area contributed by atoms with Gasteiger partial charge in [0.25, 0.3) is 5.91 Å². The van der Waals surface area contributed by atoms with E-state index in [-0.39, 0.29) is 5.91 Å². The quantitative estimate of drug-likeness (QED) is 0.744. The van der Waals surface area contributed by atoms with Crippen LogP contribution in [0.4, 0.5) is 5.69 Å². The highest BCUT2D eigenvalue weighted by atomic mass is 79.9. The van der Waals surface area contributed by atoms with Crippen LogP contribution in [0.3, 0.4) is 0 Å². The molecule has 0 unspecified atom stereocenters. The lowest BCUT2D eigenvalue weighted by Gasteiger charge is -2.07. The number of amides is 1. The summed E-state index contributed by atoms with van der Waals surface area (Å²) in [7, 11) is 0. The van der Waals surface area contributed by atoms with E-state index in [4.69, 9.17) is 0 Å². The first kappa shape index (κ1) is 14.8. The fourth-order valence-electron chi connectivity index (χ4n) is 2.53. The third-order valence-corrected chi connectivity index (χ3v) is 4.06. The van der Waals surface area contributed by atoms with E-state index in [1.165, 1.54) is 0 Å². The number of nitrogens with zero attached hydrogens (tertiary/aromatic N) is 2. The minimum absolute atomic E-state index is 0.159. The van der Waals surface area contributed by atoms with Crippen molar-refractivity contribution in [2.45, 2.75) is 20.8 Å². The number of carbonyl (C=O) groups excluding carboxylic acids is 1. The molecular weight excluding hydrogens is 342 g/mol. The molecule has 1 N–H and O–H groups in total. The third kappa shape index (κ3) is 2.64. The number of aromatic nitrogens is 2. The zero-order valence-corrected chi connectivity index (χ0v) is 14.2. The number of imidazole rings is 1. The number of benzene rings is 1. The van der Waals surface area contributed by atoms with Crippen molar-refractivity contribution in [2.24, 2.45) is 0 Å². The topological polar surface area (TPSA) is 46.4 Å². The van der Waals surface area contributed by atoms with Gasteiger partial charge in [-0.15, -0.1) is 0 Å². The van der Waals surface area contributed by atoms with Gasteiger partial charge in [0.1, 0.15) is 5.69 Å². The fraction of sp³-hybridized carbons (Fsp3) is 0.176. The van der Waals surface area contributed by atoms with Gasteiger partial charge in [0.05, 0.1) is 10.2 Å². The SMILES string of the molecule is Cc1cccc(NC(=O)c2c(C)nc3c(Br)cc(C)cn23)c1. The molecule has 0 atom stereocenters. The van der Waals surface area contributed by atoms with Crippen molar-refractivity contribution in [1.29, 1.82) is 0 Å². The molecule has 0 aliphatic carbocycles. The molecule has 5 heteroatoms. The van der Waals surface area contributed by atoms with E-state index in [0.29, 0.717) is 11.4 Å². The maximum absolute atomic E-state index is 12.7. The largest absolute Gasteiger partial charge is 0.321 e. The Kier molecular flexibility index (Phi) is 3.74. The molecule has 112 valence electrons. The van der Waals surface area contributed by atoms with Gasteiger partial charge >= 0.3 is 0 Å². The summed E-state index contributed by atoms with van der Waals surface area (Å²) in [6.45, 7) is 5.83. The van der Waals surface area contributed by atoms with Crippen LogP contribution < -0.4 is 5.32 Å². The summed E-state index contributed by atoms with van der Waals surface area (Å²) in [6, 6.07) is 9.73. The van der Waals surface area contributed by atoms with Gasteiger partial charge in [-0.1, -0.05) is 12.1 Å². The van der Waals surface area contributed by atoms with Crippen LogP contribution in [0.2, 0.25) is 0 Å². The first-order valence-electron chi connectivity index (χ1n) is 6.98. The van der Waals surface area contributed by atoms with E-state index in [1.807, 2.05) is 61.7 Å². The number of pyridine rings is 1. The number of hydrogen-bond acceptors (Lipinski definition) is 2. The fourth-order valence-corrected chi connectivity index (χ4v) is 3.17. The second kappa shape index (κ2) is 5.57. The number of hydrogen-bond donors (Lipinski definition) is 1. The molecule has 0 saturated carbocycles. The highest BCUT2D eigenvalue weighted by Gasteiger charge is 2.18. The van der Waals surface area contributed by atoms with Crippen LogP contribution in [0.15, 0.2) is 41.0 Å². The molecule has 0 aliphatic rings. The van der Waals surface area contributed by atoms with Crippen molar-refractivity contribution in [2.75, 3.05) is 5.32 Å². The Bertz CT molecular complexity index is 883. The molecule has 3 rings (SSSR count). The summed E-state index contributed by atoms with van der Waals surface area (Å²) >= 11 is 3.51. The van der Waals surface area contributed by atoms with Crippen LogP contribution in [0, 0.1) is 20.8 Å². The van der Waals surface area contributed by atoms with Crippen molar-refractivity contribution < 1.29 is 4.79 Å². The van der Waals surface area contributed by atoms with E-state index in [0.717, 1.165) is 26.9 Å². The van der Waals surface area contributed by atoms with Crippen LogP contribution >= 0.6 is 15.9 Å². The van der Waals surface area contributed by atoms with Gasteiger partial charge in [-0.25, -0.2) is 4.98 Å². The molecule has 22 heavy (non-hydrogen) atoms. The Labute approximate surface area is 137 Å². The van der Waals surface area contributed by atoms with Crippen LogP contribution in [-0.2, 0) is 0 Å². The maximum Gasteiger partial charge on any atom is 0.274 e. The molecule has 1 aromatic carbocycles. The number of anilines is 1. The van der Waals surface area contributed by atoms with Gasteiger partial charge in [-0.3, -0.25) is 9.20 Å². The number of aryl methyl sites for hydroxylation is 3. The maximum atomic E-state index is 12.7. The van der Waals surface area contributed by atoms with Crippen LogP contribution in [0.1, 0.15) is 27.3 Å². The summed E-state index contributed by atoms with van der Waals surface area (Å²) in [5.41, 5.74) is 4.95. The normalized spacial score (nSPS) is 10.9. The highest BCUT2D eigenvalue weighted by Crippen LogP contribution is 2.23. The Morgan fingerprint density at radius 3 is 2.68 bits per heavy atom. The monoisotopic (exact) mass is 357 g/mol. The van der Waals surface area contributed by atoms with Gasteiger partial charge in [0, 0.05) is 11.9 Å². The molecule has 1 amide bonds. The number of nitrogens with one attached hydrogen (secondary N) is 1. The predicted molar refractivity (Wildman–Crippen MR) is 91.5 cm³/mol. The molecule has 0 radical (unpaired) electrons. The molecular formula is C17H16BrN3O. The number of rotatable bonds is 2. The number of fused-ring (bicyclic) bond motifs is 1. The second-order valence-corrected chi connectivity index (χ2v) is 6.28. The molecule has 3 aromatic rings. The zero-order valence-electron chi connectivity index (χ0n) is 12.6. The second-order valence-electron chi connectivity index (χ2n) is 5.43. The summed E-state index contributed by atoms with van der Waals surface area (Å²) in [4.78, 5) is 17.1.